The summed E-state index contributed by atoms with van der Waals surface area (Å²) in [6.45, 7) is 0.353. The van der Waals surface area contributed by atoms with Gasteiger partial charge in [-0.3, -0.25) is 0 Å². The second kappa shape index (κ2) is 10.0. The number of thioether (sulfide) groups is 2. The molecule has 29 heavy (non-hydrogen) atoms. The van der Waals surface area contributed by atoms with Crippen molar-refractivity contribution < 1.29 is 18.9 Å². The van der Waals surface area contributed by atoms with Crippen molar-refractivity contribution in [1.82, 2.24) is 0 Å². The number of ether oxygens (including phenoxy) is 4. The van der Waals surface area contributed by atoms with Crippen molar-refractivity contribution in [2.24, 2.45) is 0 Å². The van der Waals surface area contributed by atoms with Crippen LogP contribution >= 0.6 is 48.0 Å². The molecule has 0 saturated carbocycles. The lowest BCUT2D eigenvalue weighted by Crippen LogP contribution is -2.41. The number of benzene rings is 2. The molecule has 2 aliphatic heterocycles. The first-order chi connectivity index (χ1) is 14.2. The van der Waals surface area contributed by atoms with Gasteiger partial charge in [-0.1, -0.05) is 60.7 Å². The maximum atomic E-state index is 5.95. The molecule has 2 heterocycles. The lowest BCUT2D eigenvalue weighted by molar-refractivity contribution is 0.0485. The molecule has 2 aromatic carbocycles. The van der Waals surface area contributed by atoms with Gasteiger partial charge in [0.2, 0.25) is 0 Å². The van der Waals surface area contributed by atoms with Gasteiger partial charge in [-0.05, 0) is 11.1 Å². The van der Waals surface area contributed by atoms with Crippen molar-refractivity contribution >= 4 is 58.4 Å². The molecule has 0 radical (unpaired) electrons. The minimum atomic E-state index is -0.348. The average Bonchev–Trinajstić information content (AvgIpc) is 3.35. The molecule has 4 nitrogen and oxygen atoms in total. The van der Waals surface area contributed by atoms with E-state index in [1.165, 1.54) is 11.1 Å². The first-order valence-corrected chi connectivity index (χ1v) is 12.1. The van der Waals surface area contributed by atoms with Gasteiger partial charge in [0.25, 0.3) is 0 Å². The Morgan fingerprint density at radius 3 is 1.90 bits per heavy atom. The molecule has 2 aliphatic rings. The van der Waals surface area contributed by atoms with Crippen LogP contribution in [0, 0.1) is 0 Å². The van der Waals surface area contributed by atoms with E-state index in [1.807, 2.05) is 35.7 Å². The molecular formula is C21H20O4S4. The lowest BCUT2D eigenvalue weighted by Gasteiger charge is -2.26. The van der Waals surface area contributed by atoms with Gasteiger partial charge in [0.15, 0.2) is 18.3 Å². The highest BCUT2D eigenvalue weighted by Gasteiger charge is 2.48. The second-order valence-electron chi connectivity index (χ2n) is 6.59. The van der Waals surface area contributed by atoms with Crippen LogP contribution < -0.4 is 0 Å². The quantitative estimate of drug-likeness (QED) is 0.401. The van der Waals surface area contributed by atoms with E-state index >= 15 is 0 Å². The van der Waals surface area contributed by atoms with Gasteiger partial charge in [-0.2, -0.15) is 0 Å². The molecule has 2 saturated heterocycles. The summed E-state index contributed by atoms with van der Waals surface area (Å²) in [7, 11) is 0. The first-order valence-electron chi connectivity index (χ1n) is 9.21. The van der Waals surface area contributed by atoms with Crippen molar-refractivity contribution in [2.75, 3.05) is 6.61 Å². The smallest absolute Gasteiger partial charge is 0.353 e. The molecule has 0 bridgehead atoms. The normalized spacial score (nSPS) is 23.4. The van der Waals surface area contributed by atoms with Crippen LogP contribution in [0.1, 0.15) is 11.1 Å². The van der Waals surface area contributed by atoms with Crippen LogP contribution in [-0.2, 0) is 30.5 Å². The largest absolute Gasteiger partial charge is 0.453 e. The highest BCUT2D eigenvalue weighted by molar-refractivity contribution is 8.16. The monoisotopic (exact) mass is 464 g/mol. The Kier molecular flexibility index (Phi) is 7.18. The molecule has 3 atom stereocenters. The minimum Gasteiger partial charge on any atom is -0.453 e. The highest BCUT2D eigenvalue weighted by Crippen LogP contribution is 2.39. The van der Waals surface area contributed by atoms with E-state index in [1.54, 1.807) is 0 Å². The van der Waals surface area contributed by atoms with E-state index in [9.17, 15) is 0 Å². The van der Waals surface area contributed by atoms with Gasteiger partial charge in [0.1, 0.15) is 6.61 Å². The Balaban J connectivity index is 1.49. The fourth-order valence-electron chi connectivity index (χ4n) is 3.13. The highest BCUT2D eigenvalue weighted by atomic mass is 32.2. The summed E-state index contributed by atoms with van der Waals surface area (Å²) in [4.78, 5) is 0. The predicted molar refractivity (Wildman–Crippen MR) is 125 cm³/mol. The Morgan fingerprint density at radius 1 is 0.793 bits per heavy atom. The van der Waals surface area contributed by atoms with Crippen LogP contribution in [0.2, 0.25) is 0 Å². The van der Waals surface area contributed by atoms with Crippen molar-refractivity contribution in [3.05, 3.63) is 71.8 Å². The Bertz CT molecular complexity index is 790. The van der Waals surface area contributed by atoms with Gasteiger partial charge in [-0.15, -0.1) is 23.5 Å². The topological polar surface area (TPSA) is 36.9 Å². The number of hydrogen-bond donors (Lipinski definition) is 0. The lowest BCUT2D eigenvalue weighted by atomic mass is 10.1. The first kappa shape index (κ1) is 20.8. The molecule has 8 heteroatoms. The Morgan fingerprint density at radius 2 is 1.38 bits per heavy atom. The van der Waals surface area contributed by atoms with E-state index in [4.69, 9.17) is 43.4 Å². The summed E-state index contributed by atoms with van der Waals surface area (Å²) < 4.78 is 22.8. The fourth-order valence-corrected chi connectivity index (χ4v) is 6.23. The fraction of sp³-hybridized carbons (Fsp3) is 0.333. The zero-order chi connectivity index (χ0) is 20.1. The van der Waals surface area contributed by atoms with E-state index in [-0.39, 0.29) is 33.4 Å². The van der Waals surface area contributed by atoms with Crippen LogP contribution in [0.5, 0.6) is 0 Å². The molecule has 0 aromatic heterocycles. The van der Waals surface area contributed by atoms with Crippen molar-refractivity contribution in [2.45, 2.75) is 34.4 Å². The third-order valence-corrected chi connectivity index (χ3v) is 7.97. The molecule has 0 aliphatic carbocycles. The minimum absolute atomic E-state index is 0.0960. The summed E-state index contributed by atoms with van der Waals surface area (Å²) in [5, 5.41) is 0.313. The zero-order valence-corrected chi connectivity index (χ0v) is 18.7. The average molecular weight is 465 g/mol. The van der Waals surface area contributed by atoms with E-state index in [0.29, 0.717) is 6.61 Å². The van der Waals surface area contributed by atoms with Gasteiger partial charge >= 0.3 is 10.5 Å². The van der Waals surface area contributed by atoms with Crippen LogP contribution in [0.4, 0.5) is 0 Å². The zero-order valence-electron chi connectivity index (χ0n) is 15.5. The van der Waals surface area contributed by atoms with E-state index < -0.39 is 0 Å². The predicted octanol–water partition coefficient (Wildman–Crippen LogP) is 4.95. The SMILES string of the molecule is S=C1O[C@@H]([C@H]2COC(=S)O2)[C@@H](C(SCc2ccccc2)SCc2ccccc2)O1. The molecule has 2 aromatic rings. The maximum Gasteiger partial charge on any atom is 0.353 e. The molecule has 0 unspecified atom stereocenters. The molecule has 152 valence electrons. The van der Waals surface area contributed by atoms with Crippen LogP contribution in [0.3, 0.4) is 0 Å². The number of rotatable bonds is 8. The summed E-state index contributed by atoms with van der Waals surface area (Å²) in [6, 6.07) is 20.8. The third-order valence-electron chi connectivity index (χ3n) is 4.55. The van der Waals surface area contributed by atoms with Gasteiger partial charge in [0.05, 0.1) is 4.58 Å². The van der Waals surface area contributed by atoms with Gasteiger partial charge in [0, 0.05) is 35.9 Å². The molecule has 0 N–H and O–H groups in total. The molecule has 0 spiro atoms. The summed E-state index contributed by atoms with van der Waals surface area (Å²) in [6.07, 6.45) is -0.913. The van der Waals surface area contributed by atoms with Crippen molar-refractivity contribution in [3.63, 3.8) is 0 Å². The Hall–Kier alpha value is -1.48. The van der Waals surface area contributed by atoms with E-state index in [2.05, 4.69) is 48.5 Å². The summed E-state index contributed by atoms with van der Waals surface area (Å²) in [5.74, 6) is 1.74. The molecular weight excluding hydrogens is 444 g/mol. The van der Waals surface area contributed by atoms with Crippen LogP contribution in [0.25, 0.3) is 0 Å². The molecule has 0 amide bonds. The standard InChI is InChI=1S/C21H20O4S4/c26-20-22-11-16(23-20)17-18(25-21(27)24-17)19(28-12-14-7-3-1-4-8-14)29-13-15-9-5-2-6-10-15/h1-10,16-19H,11-13H2/t16-,17+,18+/m1/s1. The van der Waals surface area contributed by atoms with Crippen molar-refractivity contribution in [1.29, 1.82) is 0 Å². The van der Waals surface area contributed by atoms with Gasteiger partial charge < -0.3 is 18.9 Å². The molecule has 2 fully saturated rings. The second-order valence-corrected chi connectivity index (χ2v) is 9.82. The van der Waals surface area contributed by atoms with Gasteiger partial charge in [-0.25, -0.2) is 0 Å². The maximum absolute atomic E-state index is 5.95. The van der Waals surface area contributed by atoms with Crippen molar-refractivity contribution in [3.8, 4) is 0 Å². The van der Waals surface area contributed by atoms with E-state index in [0.717, 1.165) is 11.5 Å². The summed E-state index contributed by atoms with van der Waals surface area (Å²) in [5.41, 5.74) is 2.53. The number of thiocarbonyl (C=S) groups is 2. The Labute approximate surface area is 189 Å². The summed E-state index contributed by atoms with van der Waals surface area (Å²) >= 11 is 13.9. The third kappa shape index (κ3) is 5.57. The van der Waals surface area contributed by atoms with Crippen LogP contribution in [-0.4, -0.2) is 40.0 Å². The molecule has 4 rings (SSSR count). The van der Waals surface area contributed by atoms with Crippen LogP contribution in [0.15, 0.2) is 60.7 Å². The number of hydrogen-bond acceptors (Lipinski definition) is 8.